The van der Waals surface area contributed by atoms with Gasteiger partial charge in [0.05, 0.1) is 11.1 Å². The van der Waals surface area contributed by atoms with Crippen LogP contribution in [0.25, 0.3) is 10.8 Å². The number of nitrogens with zero attached hydrogens (tertiary/aromatic N) is 2. The number of carbonyl (C=O) groups is 3. The Morgan fingerprint density at radius 1 is 0.852 bits per heavy atom. The Bertz CT molecular complexity index is 1040. The first-order valence-corrected chi connectivity index (χ1v) is 8.77. The van der Waals surface area contributed by atoms with Gasteiger partial charge >= 0.3 is 0 Å². The van der Waals surface area contributed by atoms with Crippen LogP contribution >= 0.6 is 0 Å². The van der Waals surface area contributed by atoms with Crippen LogP contribution in [0.4, 0.5) is 5.69 Å². The lowest BCUT2D eigenvalue weighted by molar-refractivity contribution is -0.118. The molecule has 0 saturated carbocycles. The van der Waals surface area contributed by atoms with E-state index in [2.05, 4.69) is 0 Å². The zero-order chi connectivity index (χ0) is 19.0. The molecule has 1 aliphatic heterocycles. The fourth-order valence-corrected chi connectivity index (χ4v) is 3.35. The summed E-state index contributed by atoms with van der Waals surface area (Å²) in [5.41, 5.74) is 1.58. The molecule has 5 heteroatoms. The normalized spacial score (nSPS) is 13.1. The molecule has 3 amide bonds. The highest BCUT2D eigenvalue weighted by molar-refractivity contribution is 6.21. The van der Waals surface area contributed by atoms with Crippen molar-refractivity contribution < 1.29 is 14.4 Å². The molecule has 0 atom stereocenters. The maximum atomic E-state index is 12.6. The Balaban J connectivity index is 1.46. The fourth-order valence-electron chi connectivity index (χ4n) is 3.35. The van der Waals surface area contributed by atoms with Crippen molar-refractivity contribution in [2.45, 2.75) is 6.42 Å². The number of imide groups is 1. The fraction of sp³-hybridized carbons (Fsp3) is 0.136. The van der Waals surface area contributed by atoms with Gasteiger partial charge in [0.25, 0.3) is 11.8 Å². The van der Waals surface area contributed by atoms with E-state index >= 15 is 0 Å². The van der Waals surface area contributed by atoms with Crippen molar-refractivity contribution in [3.8, 4) is 0 Å². The number of fused-ring (bicyclic) bond motifs is 2. The molecule has 27 heavy (non-hydrogen) atoms. The third-order valence-corrected chi connectivity index (χ3v) is 4.92. The highest BCUT2D eigenvalue weighted by Crippen LogP contribution is 2.24. The third kappa shape index (κ3) is 2.97. The number of hydrogen-bond donors (Lipinski definition) is 0. The van der Waals surface area contributed by atoms with Gasteiger partial charge in [0, 0.05) is 25.7 Å². The summed E-state index contributed by atoms with van der Waals surface area (Å²) >= 11 is 0. The molecule has 4 rings (SSSR count). The molecule has 0 bridgehead atoms. The van der Waals surface area contributed by atoms with Crippen LogP contribution in [0.15, 0.2) is 66.7 Å². The van der Waals surface area contributed by atoms with E-state index < -0.39 is 0 Å². The van der Waals surface area contributed by atoms with E-state index in [1.165, 1.54) is 0 Å². The number of amides is 3. The van der Waals surface area contributed by atoms with Gasteiger partial charge in [0.2, 0.25) is 5.91 Å². The molecule has 0 fully saturated rings. The van der Waals surface area contributed by atoms with Crippen LogP contribution in [-0.4, -0.2) is 36.2 Å². The summed E-state index contributed by atoms with van der Waals surface area (Å²) in [5, 5.41) is 2.16. The summed E-state index contributed by atoms with van der Waals surface area (Å²) in [7, 11) is 1.70. The topological polar surface area (TPSA) is 57.7 Å². The van der Waals surface area contributed by atoms with Crippen LogP contribution in [0.1, 0.15) is 27.1 Å². The first-order chi connectivity index (χ1) is 13.1. The van der Waals surface area contributed by atoms with Crippen molar-refractivity contribution in [1.29, 1.82) is 0 Å². The van der Waals surface area contributed by atoms with Gasteiger partial charge in [0.15, 0.2) is 0 Å². The summed E-state index contributed by atoms with van der Waals surface area (Å²) in [5.74, 6) is -0.824. The summed E-state index contributed by atoms with van der Waals surface area (Å²) in [6.45, 7) is 0.0725. The minimum absolute atomic E-state index is 0.0725. The van der Waals surface area contributed by atoms with Crippen molar-refractivity contribution >= 4 is 34.2 Å². The Morgan fingerprint density at radius 2 is 1.44 bits per heavy atom. The van der Waals surface area contributed by atoms with Gasteiger partial charge < -0.3 is 4.90 Å². The monoisotopic (exact) mass is 358 g/mol. The number of rotatable bonds is 4. The van der Waals surface area contributed by atoms with E-state index in [4.69, 9.17) is 0 Å². The molecule has 5 nitrogen and oxygen atoms in total. The molecule has 0 aliphatic carbocycles. The lowest BCUT2D eigenvalue weighted by atomic mass is 10.1. The predicted octanol–water partition coefficient (Wildman–Crippen LogP) is 3.49. The average Bonchev–Trinajstić information content (AvgIpc) is 2.95. The molecule has 1 aliphatic rings. The second-order valence-electron chi connectivity index (χ2n) is 6.54. The van der Waals surface area contributed by atoms with Crippen molar-refractivity contribution in [2.24, 2.45) is 0 Å². The molecule has 0 radical (unpaired) electrons. The molecular formula is C22H18N2O3. The van der Waals surface area contributed by atoms with Crippen LogP contribution in [0.5, 0.6) is 0 Å². The maximum absolute atomic E-state index is 12.6. The Kier molecular flexibility index (Phi) is 4.20. The first kappa shape index (κ1) is 17.0. The van der Waals surface area contributed by atoms with Crippen molar-refractivity contribution in [2.75, 3.05) is 18.5 Å². The van der Waals surface area contributed by atoms with Crippen molar-refractivity contribution in [3.63, 3.8) is 0 Å². The molecular weight excluding hydrogens is 340 g/mol. The quantitative estimate of drug-likeness (QED) is 0.671. The standard InChI is InChI=1S/C22H18N2O3/c1-23(17-11-10-15-6-2-3-7-16(15)14-17)20(25)12-13-24-21(26)18-8-4-5-9-19(18)22(24)27/h2-11,14H,12-13H2,1H3. The smallest absolute Gasteiger partial charge is 0.261 e. The van der Waals surface area contributed by atoms with Gasteiger partial charge in [0.1, 0.15) is 0 Å². The van der Waals surface area contributed by atoms with Gasteiger partial charge in [-0.1, -0.05) is 42.5 Å². The molecule has 0 unspecified atom stereocenters. The van der Waals surface area contributed by atoms with Crippen LogP contribution in [0.2, 0.25) is 0 Å². The maximum Gasteiger partial charge on any atom is 0.261 e. The Labute approximate surface area is 156 Å². The van der Waals surface area contributed by atoms with E-state index in [1.807, 2.05) is 42.5 Å². The van der Waals surface area contributed by atoms with E-state index in [1.54, 1.807) is 36.2 Å². The summed E-state index contributed by atoms with van der Waals surface area (Å²) in [6, 6.07) is 20.5. The molecule has 134 valence electrons. The van der Waals surface area contributed by atoms with Gasteiger partial charge in [-0.15, -0.1) is 0 Å². The van der Waals surface area contributed by atoms with Crippen molar-refractivity contribution in [1.82, 2.24) is 4.90 Å². The van der Waals surface area contributed by atoms with Crippen LogP contribution in [0, 0.1) is 0 Å². The summed E-state index contributed by atoms with van der Waals surface area (Å²) < 4.78 is 0. The van der Waals surface area contributed by atoms with Crippen molar-refractivity contribution in [3.05, 3.63) is 77.9 Å². The highest BCUT2D eigenvalue weighted by atomic mass is 16.2. The molecule has 3 aromatic carbocycles. The number of carbonyl (C=O) groups excluding carboxylic acids is 3. The largest absolute Gasteiger partial charge is 0.315 e. The molecule has 1 heterocycles. The molecule has 3 aromatic rings. The molecule has 0 spiro atoms. The minimum atomic E-state index is -0.336. The first-order valence-electron chi connectivity index (χ1n) is 8.77. The lowest BCUT2D eigenvalue weighted by Gasteiger charge is -2.20. The Hall–Kier alpha value is -3.47. The Morgan fingerprint density at radius 3 is 2.11 bits per heavy atom. The summed E-state index contributed by atoms with van der Waals surface area (Å²) in [4.78, 5) is 40.1. The molecule has 0 N–H and O–H groups in total. The number of anilines is 1. The second kappa shape index (κ2) is 6.68. The van der Waals surface area contributed by atoms with Gasteiger partial charge in [-0.2, -0.15) is 0 Å². The average molecular weight is 358 g/mol. The number of hydrogen-bond acceptors (Lipinski definition) is 3. The summed E-state index contributed by atoms with van der Waals surface area (Å²) in [6.07, 6.45) is 0.0782. The van der Waals surface area contributed by atoms with Crippen LogP contribution in [0.3, 0.4) is 0 Å². The van der Waals surface area contributed by atoms with E-state index in [0.717, 1.165) is 21.4 Å². The van der Waals surface area contributed by atoms with Crippen LogP contribution < -0.4 is 4.90 Å². The van der Waals surface area contributed by atoms with E-state index in [-0.39, 0.29) is 30.7 Å². The van der Waals surface area contributed by atoms with Gasteiger partial charge in [-0.25, -0.2) is 0 Å². The van der Waals surface area contributed by atoms with Crippen LogP contribution in [-0.2, 0) is 4.79 Å². The van der Waals surface area contributed by atoms with E-state index in [9.17, 15) is 14.4 Å². The SMILES string of the molecule is CN(C(=O)CCN1C(=O)c2ccccc2C1=O)c1ccc2ccccc2c1. The van der Waals surface area contributed by atoms with Gasteiger partial charge in [-0.3, -0.25) is 19.3 Å². The predicted molar refractivity (Wildman–Crippen MR) is 104 cm³/mol. The zero-order valence-corrected chi connectivity index (χ0v) is 14.9. The second-order valence-corrected chi connectivity index (χ2v) is 6.54. The third-order valence-electron chi connectivity index (χ3n) is 4.92. The van der Waals surface area contributed by atoms with E-state index in [0.29, 0.717) is 11.1 Å². The lowest BCUT2D eigenvalue weighted by Crippen LogP contribution is -2.35. The number of benzene rings is 3. The minimum Gasteiger partial charge on any atom is -0.315 e. The molecule has 0 saturated heterocycles. The van der Waals surface area contributed by atoms with Gasteiger partial charge in [-0.05, 0) is 35.0 Å². The zero-order valence-electron chi connectivity index (χ0n) is 14.9. The molecule has 0 aromatic heterocycles. The highest BCUT2D eigenvalue weighted by Gasteiger charge is 2.35.